The van der Waals surface area contributed by atoms with Gasteiger partial charge >= 0.3 is 6.03 Å². The minimum Gasteiger partial charge on any atom is -0.394 e. The second-order valence-electron chi connectivity index (χ2n) is 3.84. The molecule has 106 valence electrons. The zero-order chi connectivity index (χ0) is 13.7. The predicted octanol–water partition coefficient (Wildman–Crippen LogP) is -2.68. The molecule has 1 saturated heterocycles. The highest BCUT2D eigenvalue weighted by atomic mass is 35.5. The van der Waals surface area contributed by atoms with Gasteiger partial charge < -0.3 is 35.8 Å². The Balaban J connectivity index is 2.57. The number of amides is 2. The van der Waals surface area contributed by atoms with Gasteiger partial charge in [-0.05, 0) is 0 Å². The summed E-state index contributed by atoms with van der Waals surface area (Å²) in [6, 6.07) is -1.85. The minimum absolute atomic E-state index is 0.217. The summed E-state index contributed by atoms with van der Waals surface area (Å²) in [6.45, 7) is -0.338. The van der Waals surface area contributed by atoms with Gasteiger partial charge in [0.2, 0.25) is 0 Å². The molecule has 8 nitrogen and oxygen atoms in total. The number of hydrogen-bond donors (Lipinski definition) is 6. The number of alkyl halides is 1. The van der Waals surface area contributed by atoms with Crippen LogP contribution < -0.4 is 10.6 Å². The number of carbonyl (C=O) groups is 1. The van der Waals surface area contributed by atoms with Crippen molar-refractivity contribution in [1.82, 2.24) is 10.6 Å². The lowest BCUT2D eigenvalue weighted by molar-refractivity contribution is -0.252. The molecule has 1 rings (SSSR count). The first-order valence-corrected chi connectivity index (χ1v) is 5.95. The van der Waals surface area contributed by atoms with Gasteiger partial charge in [-0.15, -0.1) is 11.6 Å². The second-order valence-corrected chi connectivity index (χ2v) is 4.22. The molecule has 0 aliphatic carbocycles. The molecule has 1 fully saturated rings. The van der Waals surface area contributed by atoms with Gasteiger partial charge in [-0.3, -0.25) is 0 Å². The van der Waals surface area contributed by atoms with Gasteiger partial charge in [0, 0.05) is 12.4 Å². The number of ether oxygens (including phenoxy) is 1. The predicted molar refractivity (Wildman–Crippen MR) is 61.0 cm³/mol. The maximum Gasteiger partial charge on any atom is 0.315 e. The molecule has 1 heterocycles. The van der Waals surface area contributed by atoms with Crippen LogP contribution in [0.4, 0.5) is 4.79 Å². The summed E-state index contributed by atoms with van der Waals surface area (Å²) in [4.78, 5) is 11.3. The maximum atomic E-state index is 11.3. The van der Waals surface area contributed by atoms with Gasteiger partial charge in [-0.2, -0.15) is 0 Å². The first kappa shape index (κ1) is 15.4. The van der Waals surface area contributed by atoms with E-state index >= 15 is 0 Å². The van der Waals surface area contributed by atoms with Crippen molar-refractivity contribution < 1.29 is 30.0 Å². The molecule has 0 aromatic heterocycles. The van der Waals surface area contributed by atoms with Gasteiger partial charge in [0.05, 0.1) is 6.61 Å². The van der Waals surface area contributed by atoms with Crippen LogP contribution in [0.25, 0.3) is 0 Å². The number of aliphatic hydroxyl groups excluding tert-OH is 4. The van der Waals surface area contributed by atoms with E-state index in [2.05, 4.69) is 10.6 Å². The third kappa shape index (κ3) is 3.67. The first-order valence-electron chi connectivity index (χ1n) is 5.42. The van der Waals surface area contributed by atoms with Crippen LogP contribution in [-0.2, 0) is 4.74 Å². The van der Waals surface area contributed by atoms with Crippen LogP contribution >= 0.6 is 11.6 Å². The average Bonchev–Trinajstić information content (AvgIpc) is 2.36. The molecule has 0 radical (unpaired) electrons. The number of rotatable bonds is 4. The Morgan fingerprint density at radius 1 is 1.28 bits per heavy atom. The Hall–Kier alpha value is -0.640. The van der Waals surface area contributed by atoms with Gasteiger partial charge in [0.15, 0.2) is 6.29 Å². The van der Waals surface area contributed by atoms with Crippen LogP contribution in [0.3, 0.4) is 0 Å². The molecule has 0 spiro atoms. The van der Waals surface area contributed by atoms with E-state index in [1.807, 2.05) is 0 Å². The lowest BCUT2D eigenvalue weighted by Gasteiger charge is -2.40. The van der Waals surface area contributed by atoms with Crippen molar-refractivity contribution in [2.24, 2.45) is 0 Å². The summed E-state index contributed by atoms with van der Waals surface area (Å²) in [5.41, 5.74) is 0. The first-order chi connectivity index (χ1) is 8.51. The topological polar surface area (TPSA) is 131 Å². The molecule has 0 bridgehead atoms. The standard InChI is InChI=1S/C9H17ClN2O6/c10-1-2-11-9(17)12-5-7(15)6(14)4(3-13)18-8(5)16/h4-8,13-16H,1-3H2,(H2,11,12,17)/t4-,5+,6+,7+,8-/m0/s1. The molecule has 18 heavy (non-hydrogen) atoms. The molecule has 0 aromatic carbocycles. The van der Waals surface area contributed by atoms with Crippen molar-refractivity contribution in [1.29, 1.82) is 0 Å². The summed E-state index contributed by atoms with van der Waals surface area (Å²) in [7, 11) is 0. The Bertz CT molecular complexity index is 282. The van der Waals surface area contributed by atoms with Gasteiger partial charge in [0.25, 0.3) is 0 Å². The van der Waals surface area contributed by atoms with Crippen molar-refractivity contribution in [3.05, 3.63) is 0 Å². The molecule has 0 saturated carbocycles. The number of aliphatic hydroxyl groups is 4. The summed E-state index contributed by atoms with van der Waals surface area (Å²) < 4.78 is 4.86. The van der Waals surface area contributed by atoms with Gasteiger partial charge in [-0.1, -0.05) is 0 Å². The SMILES string of the molecule is O=C(NCCCl)N[C@@H]1[C@@H](O)[C@H](O)[C@H](CO)O[C@@H]1O. The molecule has 1 aliphatic heterocycles. The average molecular weight is 285 g/mol. The van der Waals surface area contributed by atoms with Crippen LogP contribution in [0.5, 0.6) is 0 Å². The lowest BCUT2D eigenvalue weighted by Crippen LogP contribution is -2.65. The molecular weight excluding hydrogens is 268 g/mol. The number of carbonyl (C=O) groups excluding carboxylic acids is 1. The van der Waals surface area contributed by atoms with Crippen molar-refractivity contribution in [2.45, 2.75) is 30.6 Å². The quantitative estimate of drug-likeness (QED) is 0.312. The molecule has 9 heteroatoms. The van der Waals surface area contributed by atoms with E-state index < -0.39 is 43.3 Å². The number of urea groups is 1. The van der Waals surface area contributed by atoms with Crippen LogP contribution in [0, 0.1) is 0 Å². The highest BCUT2D eigenvalue weighted by Gasteiger charge is 2.44. The fourth-order valence-electron chi connectivity index (χ4n) is 1.62. The van der Waals surface area contributed by atoms with Crippen molar-refractivity contribution >= 4 is 17.6 Å². The van der Waals surface area contributed by atoms with Crippen LogP contribution in [0.2, 0.25) is 0 Å². The number of hydrogen-bond acceptors (Lipinski definition) is 6. The highest BCUT2D eigenvalue weighted by molar-refractivity contribution is 6.18. The smallest absolute Gasteiger partial charge is 0.315 e. The molecule has 0 aromatic rings. The van der Waals surface area contributed by atoms with Gasteiger partial charge in [0.1, 0.15) is 24.4 Å². The Kier molecular flexibility index (Phi) is 6.06. The Morgan fingerprint density at radius 3 is 2.50 bits per heavy atom. The summed E-state index contributed by atoms with van der Waals surface area (Å²) in [5.74, 6) is 0.217. The van der Waals surface area contributed by atoms with Crippen molar-refractivity contribution in [3.63, 3.8) is 0 Å². The summed E-state index contributed by atoms with van der Waals surface area (Å²) >= 11 is 5.37. The van der Waals surface area contributed by atoms with E-state index in [4.69, 9.17) is 21.4 Å². The third-order valence-corrected chi connectivity index (χ3v) is 2.77. The van der Waals surface area contributed by atoms with Crippen LogP contribution in [-0.4, -0.2) is 76.1 Å². The van der Waals surface area contributed by atoms with E-state index in [-0.39, 0.29) is 12.4 Å². The molecule has 1 aliphatic rings. The third-order valence-electron chi connectivity index (χ3n) is 2.58. The van der Waals surface area contributed by atoms with Crippen molar-refractivity contribution in [2.75, 3.05) is 19.0 Å². The fourth-order valence-corrected chi connectivity index (χ4v) is 1.71. The highest BCUT2D eigenvalue weighted by Crippen LogP contribution is 2.19. The normalized spacial score (nSPS) is 36.2. The molecule has 2 amide bonds. The van der Waals surface area contributed by atoms with Crippen molar-refractivity contribution in [3.8, 4) is 0 Å². The minimum atomic E-state index is -1.53. The second kappa shape index (κ2) is 7.07. The summed E-state index contributed by atoms with van der Waals surface area (Å²) in [6.07, 6.45) is -5.48. The maximum absolute atomic E-state index is 11.3. The van der Waals surface area contributed by atoms with Crippen LogP contribution in [0.1, 0.15) is 0 Å². The lowest BCUT2D eigenvalue weighted by atomic mass is 9.97. The van der Waals surface area contributed by atoms with Crippen LogP contribution in [0.15, 0.2) is 0 Å². The van der Waals surface area contributed by atoms with E-state index in [1.165, 1.54) is 0 Å². The Labute approximate surface area is 109 Å². The molecule has 5 atom stereocenters. The monoisotopic (exact) mass is 284 g/mol. The zero-order valence-corrected chi connectivity index (χ0v) is 10.2. The number of nitrogens with one attached hydrogen (secondary N) is 2. The van der Waals surface area contributed by atoms with E-state index in [0.717, 1.165) is 0 Å². The number of halogens is 1. The molecule has 0 unspecified atom stereocenters. The van der Waals surface area contributed by atoms with E-state index in [1.54, 1.807) is 0 Å². The van der Waals surface area contributed by atoms with E-state index in [9.17, 15) is 20.1 Å². The molecule has 6 N–H and O–H groups in total. The van der Waals surface area contributed by atoms with Gasteiger partial charge in [-0.25, -0.2) is 4.79 Å². The molecular formula is C9H17ClN2O6. The zero-order valence-electron chi connectivity index (χ0n) is 9.49. The largest absolute Gasteiger partial charge is 0.394 e. The van der Waals surface area contributed by atoms with E-state index in [0.29, 0.717) is 0 Å². The summed E-state index contributed by atoms with van der Waals surface area (Å²) in [5, 5.41) is 42.3. The fraction of sp³-hybridized carbons (Fsp3) is 0.889. The Morgan fingerprint density at radius 2 is 1.94 bits per heavy atom.